The van der Waals surface area contributed by atoms with Crippen LogP contribution in [0, 0.1) is 0 Å². The fraction of sp³-hybridized carbons (Fsp3) is 0.267. The molecule has 0 aliphatic heterocycles. The molecule has 1 amide bonds. The van der Waals surface area contributed by atoms with Crippen LogP contribution in [-0.2, 0) is 21.2 Å². The SMILES string of the molecule is O=C(CNS(=O)(=O)c1cccs1)NCCc1ccc(OC(F)F)cc1. The van der Waals surface area contributed by atoms with Gasteiger partial charge in [0, 0.05) is 6.54 Å². The van der Waals surface area contributed by atoms with Gasteiger partial charge in [0.05, 0.1) is 6.54 Å². The summed E-state index contributed by atoms with van der Waals surface area (Å²) in [5.74, 6) is -0.399. The summed E-state index contributed by atoms with van der Waals surface area (Å²) in [6.07, 6.45) is 0.471. The first-order valence-electron chi connectivity index (χ1n) is 7.20. The predicted molar refractivity (Wildman–Crippen MR) is 89.3 cm³/mol. The van der Waals surface area contributed by atoms with Crippen molar-refractivity contribution in [3.63, 3.8) is 0 Å². The Bertz CT molecular complexity index is 778. The Balaban J connectivity index is 1.72. The Morgan fingerprint density at radius 2 is 1.92 bits per heavy atom. The number of hydrogen-bond acceptors (Lipinski definition) is 5. The quantitative estimate of drug-likeness (QED) is 0.686. The van der Waals surface area contributed by atoms with E-state index in [0.717, 1.165) is 16.9 Å². The number of benzene rings is 1. The summed E-state index contributed by atoms with van der Waals surface area (Å²) >= 11 is 1.06. The van der Waals surface area contributed by atoms with Crippen LogP contribution in [0.5, 0.6) is 5.75 Å². The number of ether oxygens (including phenoxy) is 1. The molecule has 0 spiro atoms. The third-order valence-electron chi connectivity index (χ3n) is 3.07. The number of nitrogens with one attached hydrogen (secondary N) is 2. The maximum absolute atomic E-state index is 12.0. The Morgan fingerprint density at radius 3 is 2.52 bits per heavy atom. The highest BCUT2D eigenvalue weighted by molar-refractivity contribution is 7.91. The van der Waals surface area contributed by atoms with Gasteiger partial charge in [-0.3, -0.25) is 4.79 Å². The molecule has 0 aliphatic rings. The van der Waals surface area contributed by atoms with Gasteiger partial charge in [0.2, 0.25) is 5.91 Å². The molecule has 2 N–H and O–H groups in total. The van der Waals surface area contributed by atoms with E-state index in [1.54, 1.807) is 23.6 Å². The highest BCUT2D eigenvalue weighted by Gasteiger charge is 2.16. The molecule has 0 aliphatic carbocycles. The van der Waals surface area contributed by atoms with Crippen LogP contribution in [0.1, 0.15) is 5.56 Å². The number of amides is 1. The molecule has 25 heavy (non-hydrogen) atoms. The van der Waals surface area contributed by atoms with Crippen molar-refractivity contribution in [1.82, 2.24) is 10.0 Å². The number of alkyl halides is 2. The predicted octanol–water partition coefficient (Wildman–Crippen LogP) is 1.99. The number of hydrogen-bond donors (Lipinski definition) is 2. The van der Waals surface area contributed by atoms with E-state index >= 15 is 0 Å². The largest absolute Gasteiger partial charge is 0.435 e. The summed E-state index contributed by atoms with van der Waals surface area (Å²) in [4.78, 5) is 11.7. The molecule has 1 aromatic carbocycles. The zero-order valence-corrected chi connectivity index (χ0v) is 14.6. The first kappa shape index (κ1) is 19.3. The summed E-state index contributed by atoms with van der Waals surface area (Å²) in [5.41, 5.74) is 0.820. The van der Waals surface area contributed by atoms with Crippen molar-refractivity contribution in [1.29, 1.82) is 0 Å². The molecule has 0 fully saturated rings. The Kier molecular flexibility index (Phi) is 6.85. The molecule has 0 atom stereocenters. The van der Waals surface area contributed by atoms with Crippen molar-refractivity contribution in [2.75, 3.05) is 13.1 Å². The highest BCUT2D eigenvalue weighted by atomic mass is 32.2. The van der Waals surface area contributed by atoms with Crippen molar-refractivity contribution in [2.45, 2.75) is 17.2 Å². The van der Waals surface area contributed by atoms with Crippen LogP contribution in [0.4, 0.5) is 8.78 Å². The molecule has 2 rings (SSSR count). The maximum atomic E-state index is 12.0. The van der Waals surface area contributed by atoms with Gasteiger partial charge in [0.25, 0.3) is 10.0 Å². The third kappa shape index (κ3) is 6.40. The second-order valence-corrected chi connectivity index (χ2v) is 7.82. The molecule has 136 valence electrons. The van der Waals surface area contributed by atoms with Crippen LogP contribution in [0.3, 0.4) is 0 Å². The summed E-state index contributed by atoms with van der Waals surface area (Å²) < 4.78 is 54.4. The maximum Gasteiger partial charge on any atom is 0.387 e. The Hall–Kier alpha value is -2.04. The fourth-order valence-electron chi connectivity index (χ4n) is 1.89. The topological polar surface area (TPSA) is 84.5 Å². The minimum absolute atomic E-state index is 0.0609. The van der Waals surface area contributed by atoms with E-state index in [9.17, 15) is 22.0 Å². The van der Waals surface area contributed by atoms with E-state index in [4.69, 9.17) is 0 Å². The van der Waals surface area contributed by atoms with Gasteiger partial charge >= 0.3 is 6.61 Å². The van der Waals surface area contributed by atoms with Crippen molar-refractivity contribution >= 4 is 27.3 Å². The van der Waals surface area contributed by atoms with E-state index in [2.05, 4.69) is 14.8 Å². The van der Waals surface area contributed by atoms with Crippen LogP contribution < -0.4 is 14.8 Å². The van der Waals surface area contributed by atoms with Crippen molar-refractivity contribution in [3.05, 3.63) is 47.3 Å². The van der Waals surface area contributed by atoms with Crippen LogP contribution in [0.15, 0.2) is 46.0 Å². The molecule has 1 heterocycles. The van der Waals surface area contributed by atoms with Gasteiger partial charge in [-0.05, 0) is 35.6 Å². The van der Waals surface area contributed by atoms with Crippen LogP contribution >= 0.6 is 11.3 Å². The zero-order valence-electron chi connectivity index (χ0n) is 12.9. The first-order chi connectivity index (χ1) is 11.9. The number of sulfonamides is 1. The number of carbonyl (C=O) groups excluding carboxylic acids is 1. The molecule has 2 aromatic rings. The lowest BCUT2D eigenvalue weighted by Gasteiger charge is -2.08. The monoisotopic (exact) mass is 390 g/mol. The Morgan fingerprint density at radius 1 is 1.20 bits per heavy atom. The van der Waals surface area contributed by atoms with E-state index in [-0.39, 0.29) is 23.0 Å². The molecule has 0 saturated heterocycles. The van der Waals surface area contributed by atoms with Crippen LogP contribution in [0.2, 0.25) is 0 Å². The van der Waals surface area contributed by atoms with Gasteiger partial charge in [-0.2, -0.15) is 8.78 Å². The minimum Gasteiger partial charge on any atom is -0.435 e. The second-order valence-electron chi connectivity index (χ2n) is 4.88. The van der Waals surface area contributed by atoms with E-state index in [1.165, 1.54) is 18.2 Å². The molecular weight excluding hydrogens is 374 g/mol. The average molecular weight is 390 g/mol. The molecule has 0 saturated carbocycles. The van der Waals surface area contributed by atoms with Crippen molar-refractivity contribution < 1.29 is 26.7 Å². The molecule has 10 heteroatoms. The lowest BCUT2D eigenvalue weighted by Crippen LogP contribution is -2.37. The number of halogens is 2. The lowest BCUT2D eigenvalue weighted by atomic mass is 10.1. The molecule has 1 aromatic heterocycles. The van der Waals surface area contributed by atoms with E-state index in [1.807, 2.05) is 0 Å². The summed E-state index contributed by atoms with van der Waals surface area (Å²) in [6, 6.07) is 9.12. The smallest absolute Gasteiger partial charge is 0.387 e. The van der Waals surface area contributed by atoms with Gasteiger partial charge in [0.15, 0.2) is 0 Å². The average Bonchev–Trinajstić information content (AvgIpc) is 3.10. The van der Waals surface area contributed by atoms with Crippen molar-refractivity contribution in [2.24, 2.45) is 0 Å². The number of rotatable bonds is 9. The van der Waals surface area contributed by atoms with E-state index < -0.39 is 22.5 Å². The van der Waals surface area contributed by atoms with Gasteiger partial charge in [-0.1, -0.05) is 18.2 Å². The van der Waals surface area contributed by atoms with Gasteiger partial charge in [-0.25, -0.2) is 13.1 Å². The van der Waals surface area contributed by atoms with Crippen molar-refractivity contribution in [3.8, 4) is 5.75 Å². The summed E-state index contributed by atoms with van der Waals surface area (Å²) in [7, 11) is -3.67. The van der Waals surface area contributed by atoms with Crippen LogP contribution in [0.25, 0.3) is 0 Å². The standard InChI is InChI=1S/C15H16F2N2O4S2/c16-15(17)23-12-5-3-11(4-6-12)7-8-18-13(20)10-19-25(21,22)14-2-1-9-24-14/h1-6,9,15,19H,7-8,10H2,(H,18,20). The lowest BCUT2D eigenvalue weighted by molar-refractivity contribution is -0.119. The fourth-order valence-corrected chi connectivity index (χ4v) is 3.91. The minimum atomic E-state index is -3.67. The summed E-state index contributed by atoms with van der Waals surface area (Å²) in [5, 5.41) is 4.21. The highest BCUT2D eigenvalue weighted by Crippen LogP contribution is 2.15. The summed E-state index contributed by atoms with van der Waals surface area (Å²) in [6.45, 7) is -2.95. The molecular formula is C15H16F2N2O4S2. The molecule has 0 bridgehead atoms. The van der Waals surface area contributed by atoms with Gasteiger partial charge in [0.1, 0.15) is 9.96 Å². The van der Waals surface area contributed by atoms with Crippen LogP contribution in [-0.4, -0.2) is 34.0 Å². The van der Waals surface area contributed by atoms with E-state index in [0.29, 0.717) is 6.42 Å². The number of thiophene rings is 1. The first-order valence-corrected chi connectivity index (χ1v) is 9.57. The second kappa shape index (κ2) is 8.88. The third-order valence-corrected chi connectivity index (χ3v) is 5.87. The molecule has 6 nitrogen and oxygen atoms in total. The molecule has 0 unspecified atom stereocenters. The zero-order chi connectivity index (χ0) is 18.3. The number of carbonyl (C=O) groups is 1. The molecule has 0 radical (unpaired) electrons. The normalized spacial score (nSPS) is 11.5. The Labute approximate surface area is 147 Å². The van der Waals surface area contributed by atoms with Gasteiger partial charge < -0.3 is 10.1 Å². The van der Waals surface area contributed by atoms with Gasteiger partial charge in [-0.15, -0.1) is 11.3 Å².